The summed E-state index contributed by atoms with van der Waals surface area (Å²) in [6, 6.07) is 10.5. The van der Waals surface area contributed by atoms with Gasteiger partial charge in [-0.1, -0.05) is 37.3 Å². The van der Waals surface area contributed by atoms with Gasteiger partial charge < -0.3 is 20.0 Å². The number of amides is 2. The zero-order valence-corrected chi connectivity index (χ0v) is 17.0. The van der Waals surface area contributed by atoms with Crippen molar-refractivity contribution in [2.45, 2.75) is 19.8 Å². The van der Waals surface area contributed by atoms with Crippen molar-refractivity contribution in [2.24, 2.45) is 0 Å². The molecule has 1 saturated heterocycles. The van der Waals surface area contributed by atoms with Crippen molar-refractivity contribution in [2.75, 3.05) is 58.9 Å². The summed E-state index contributed by atoms with van der Waals surface area (Å²) in [6.07, 6.45) is 4.28. The van der Waals surface area contributed by atoms with Crippen LogP contribution >= 0.6 is 0 Å². The van der Waals surface area contributed by atoms with Gasteiger partial charge >= 0.3 is 0 Å². The molecule has 1 aromatic carbocycles. The lowest BCUT2D eigenvalue weighted by Gasteiger charge is -2.33. The third-order valence-corrected chi connectivity index (χ3v) is 5.74. The molecule has 1 unspecified atom stereocenters. The van der Waals surface area contributed by atoms with E-state index >= 15 is 0 Å². The summed E-state index contributed by atoms with van der Waals surface area (Å²) < 4.78 is 0. The van der Waals surface area contributed by atoms with Gasteiger partial charge in [-0.2, -0.15) is 0 Å². The molecule has 1 atom stereocenters. The quantitative estimate of drug-likeness (QED) is 0.541. The van der Waals surface area contributed by atoms with E-state index in [1.165, 1.54) is 20.9 Å². The maximum absolute atomic E-state index is 12.7. The van der Waals surface area contributed by atoms with Gasteiger partial charge in [0.15, 0.2) is 13.1 Å². The molecule has 3 N–H and O–H groups in total. The Balaban J connectivity index is 1.39. The molecule has 0 spiro atoms. The van der Waals surface area contributed by atoms with Gasteiger partial charge in [0.2, 0.25) is 0 Å². The Bertz CT molecular complexity index is 681. The van der Waals surface area contributed by atoms with Crippen molar-refractivity contribution in [3.05, 3.63) is 42.0 Å². The van der Waals surface area contributed by atoms with E-state index in [9.17, 15) is 9.59 Å². The average molecular weight is 387 g/mol. The van der Waals surface area contributed by atoms with Crippen LogP contribution in [0.15, 0.2) is 36.4 Å². The van der Waals surface area contributed by atoms with Crippen LogP contribution in [0.2, 0.25) is 0 Å². The van der Waals surface area contributed by atoms with Crippen LogP contribution in [0.1, 0.15) is 25.3 Å². The van der Waals surface area contributed by atoms with Crippen LogP contribution in [0.3, 0.4) is 0 Å². The van der Waals surface area contributed by atoms with Gasteiger partial charge in [0.1, 0.15) is 0 Å². The highest BCUT2D eigenvalue weighted by atomic mass is 16.2. The number of quaternary nitrogens is 2. The number of benzene rings is 1. The van der Waals surface area contributed by atoms with Crippen molar-refractivity contribution < 1.29 is 19.4 Å². The molecule has 2 amide bonds. The molecule has 0 radical (unpaired) electrons. The Morgan fingerprint density at radius 2 is 1.79 bits per heavy atom. The van der Waals surface area contributed by atoms with Crippen LogP contribution in [0.4, 0.5) is 0 Å². The molecule has 2 aliphatic heterocycles. The molecule has 0 saturated carbocycles. The molecule has 2 aliphatic rings. The van der Waals surface area contributed by atoms with Gasteiger partial charge in [-0.3, -0.25) is 9.59 Å². The number of hydrogen-bond donors (Lipinski definition) is 3. The molecule has 6 heteroatoms. The molecule has 1 fully saturated rings. The van der Waals surface area contributed by atoms with Crippen molar-refractivity contribution in [3.63, 3.8) is 0 Å². The Labute approximate surface area is 168 Å². The molecule has 152 valence electrons. The maximum atomic E-state index is 12.7. The Hall–Kier alpha value is -2.18. The number of carbonyl (C=O) groups is 2. The molecule has 2 heterocycles. The first kappa shape index (κ1) is 20.6. The minimum atomic E-state index is 0.121. The van der Waals surface area contributed by atoms with E-state index < -0.39 is 0 Å². The summed E-state index contributed by atoms with van der Waals surface area (Å²) in [7, 11) is 0. The summed E-state index contributed by atoms with van der Waals surface area (Å²) in [5.74, 6) is 0.372. The number of carbonyl (C=O) groups excluding carboxylic acids is 2. The maximum Gasteiger partial charge on any atom is 0.278 e. The van der Waals surface area contributed by atoms with Crippen LogP contribution in [-0.2, 0) is 9.59 Å². The summed E-state index contributed by atoms with van der Waals surface area (Å²) in [6.45, 7) is 9.06. The smallest absolute Gasteiger partial charge is 0.278 e. The average Bonchev–Trinajstić information content (AvgIpc) is 2.74. The summed E-state index contributed by atoms with van der Waals surface area (Å²) >= 11 is 0. The van der Waals surface area contributed by atoms with Crippen LogP contribution in [0, 0.1) is 0 Å². The number of piperazine rings is 1. The fraction of sp³-hybridized carbons (Fsp3) is 0.545. The molecule has 1 aromatic rings. The molecule has 28 heavy (non-hydrogen) atoms. The second-order valence-corrected chi connectivity index (χ2v) is 7.88. The van der Waals surface area contributed by atoms with Crippen LogP contribution < -0.4 is 15.1 Å². The topological polar surface area (TPSA) is 58.3 Å². The lowest BCUT2D eigenvalue weighted by molar-refractivity contribution is -0.897. The zero-order valence-electron chi connectivity index (χ0n) is 17.0. The largest absolute Gasteiger partial charge is 0.351 e. The predicted molar refractivity (Wildman–Crippen MR) is 110 cm³/mol. The second-order valence-electron chi connectivity index (χ2n) is 7.88. The minimum Gasteiger partial charge on any atom is -0.351 e. The van der Waals surface area contributed by atoms with E-state index in [4.69, 9.17) is 0 Å². The van der Waals surface area contributed by atoms with Gasteiger partial charge in [-0.25, -0.2) is 0 Å². The number of nitrogens with one attached hydrogen (secondary N) is 3. The molecular weight excluding hydrogens is 352 g/mol. The molecule has 3 rings (SSSR count). The Morgan fingerprint density at radius 3 is 2.43 bits per heavy atom. The van der Waals surface area contributed by atoms with Gasteiger partial charge in [0.25, 0.3) is 11.8 Å². The normalized spacial score (nSPS) is 20.5. The molecule has 0 aromatic heterocycles. The number of rotatable bonds is 7. The first-order chi connectivity index (χ1) is 13.7. The zero-order chi connectivity index (χ0) is 19.8. The SMILES string of the molecule is CCCNC(=O)C[NH+]1CCN(C(=O)C[NH+]2CC=C(c3ccccc3)CC2)CC1. The number of nitrogens with zero attached hydrogens (tertiary/aromatic N) is 1. The van der Waals surface area contributed by atoms with E-state index in [1.807, 2.05) is 11.0 Å². The van der Waals surface area contributed by atoms with Gasteiger partial charge in [-0.05, 0) is 23.6 Å². The monoisotopic (exact) mass is 386 g/mol. The standard InChI is InChI=1S/C22H32N4O2/c1-2-10-23-21(27)17-25-13-15-26(16-14-25)22(28)18-24-11-8-20(9-12-24)19-6-4-3-5-7-19/h3-8H,2,9-18H2,1H3,(H,23,27)/p+2. The van der Waals surface area contributed by atoms with E-state index in [2.05, 4.69) is 42.6 Å². The van der Waals surface area contributed by atoms with Gasteiger partial charge in [-0.15, -0.1) is 0 Å². The van der Waals surface area contributed by atoms with Gasteiger partial charge in [0.05, 0.1) is 39.3 Å². The summed E-state index contributed by atoms with van der Waals surface area (Å²) in [5, 5.41) is 2.93. The first-order valence-corrected chi connectivity index (χ1v) is 10.6. The lowest BCUT2D eigenvalue weighted by atomic mass is 9.99. The Kier molecular flexibility index (Phi) is 7.62. The molecular formula is C22H34N4O2+2. The highest BCUT2D eigenvalue weighted by molar-refractivity contribution is 5.77. The van der Waals surface area contributed by atoms with Crippen molar-refractivity contribution in [1.82, 2.24) is 10.2 Å². The Morgan fingerprint density at radius 1 is 1.04 bits per heavy atom. The highest BCUT2D eigenvalue weighted by Gasteiger charge is 2.28. The predicted octanol–water partition coefficient (Wildman–Crippen LogP) is -1.39. The first-order valence-electron chi connectivity index (χ1n) is 10.6. The summed E-state index contributed by atoms with van der Waals surface area (Å²) in [5.41, 5.74) is 2.70. The van der Waals surface area contributed by atoms with Crippen LogP contribution in [0.5, 0.6) is 0 Å². The third-order valence-electron chi connectivity index (χ3n) is 5.74. The highest BCUT2D eigenvalue weighted by Crippen LogP contribution is 2.17. The van der Waals surface area contributed by atoms with Crippen LogP contribution in [-0.4, -0.2) is 75.6 Å². The van der Waals surface area contributed by atoms with E-state index in [0.717, 1.165) is 58.7 Å². The summed E-state index contributed by atoms with van der Waals surface area (Å²) in [4.78, 5) is 29.1. The molecule has 0 aliphatic carbocycles. The van der Waals surface area contributed by atoms with Crippen molar-refractivity contribution in [3.8, 4) is 0 Å². The second kappa shape index (κ2) is 10.4. The number of hydrogen-bond acceptors (Lipinski definition) is 2. The van der Waals surface area contributed by atoms with Gasteiger partial charge in [0, 0.05) is 13.0 Å². The fourth-order valence-corrected chi connectivity index (χ4v) is 3.99. The van der Waals surface area contributed by atoms with Crippen molar-refractivity contribution >= 4 is 17.4 Å². The van der Waals surface area contributed by atoms with Crippen molar-refractivity contribution in [1.29, 1.82) is 0 Å². The fourth-order valence-electron chi connectivity index (χ4n) is 3.99. The van der Waals surface area contributed by atoms with E-state index in [0.29, 0.717) is 13.1 Å². The molecule has 0 bridgehead atoms. The molecule has 6 nitrogen and oxygen atoms in total. The minimum absolute atomic E-state index is 0.121. The van der Waals surface area contributed by atoms with Crippen LogP contribution in [0.25, 0.3) is 5.57 Å². The third kappa shape index (κ3) is 5.91. The van der Waals surface area contributed by atoms with E-state index in [1.54, 1.807) is 0 Å². The lowest BCUT2D eigenvalue weighted by Crippen LogP contribution is -3.16. The van der Waals surface area contributed by atoms with E-state index in [-0.39, 0.29) is 11.8 Å².